The van der Waals surface area contributed by atoms with Gasteiger partial charge in [0.2, 0.25) is 5.91 Å². The average Bonchev–Trinajstić information content (AvgIpc) is 2.82. The molecule has 1 atom stereocenters. The summed E-state index contributed by atoms with van der Waals surface area (Å²) in [6, 6.07) is 16.8. The van der Waals surface area contributed by atoms with Gasteiger partial charge < -0.3 is 5.32 Å². The maximum absolute atomic E-state index is 12.5. The molecule has 1 fully saturated rings. The van der Waals surface area contributed by atoms with E-state index in [1.807, 2.05) is 61.5 Å². The van der Waals surface area contributed by atoms with E-state index in [0.717, 1.165) is 11.1 Å². The molecule has 0 saturated carbocycles. The second kappa shape index (κ2) is 6.12. The van der Waals surface area contributed by atoms with Crippen molar-refractivity contribution >= 4 is 17.5 Å². The summed E-state index contributed by atoms with van der Waals surface area (Å²) in [5, 5.41) is 3.18. The van der Waals surface area contributed by atoms with E-state index in [-0.39, 0.29) is 18.2 Å². The monoisotopic (exact) mass is 294 g/mol. The average molecular weight is 294 g/mol. The molecule has 0 aliphatic carbocycles. The third kappa shape index (κ3) is 2.92. The van der Waals surface area contributed by atoms with E-state index in [1.54, 1.807) is 0 Å². The van der Waals surface area contributed by atoms with E-state index in [1.165, 1.54) is 4.90 Å². The van der Waals surface area contributed by atoms with Crippen LogP contribution in [0.25, 0.3) is 0 Å². The minimum Gasteiger partial charge on any atom is -0.301 e. The number of anilines is 1. The van der Waals surface area contributed by atoms with Gasteiger partial charge in [-0.1, -0.05) is 48.0 Å². The van der Waals surface area contributed by atoms with Crippen molar-refractivity contribution in [3.63, 3.8) is 0 Å². The normalized spacial score (nSPS) is 18.0. The second-order valence-electron chi connectivity index (χ2n) is 5.53. The van der Waals surface area contributed by atoms with Crippen LogP contribution in [0.3, 0.4) is 0 Å². The zero-order valence-electron chi connectivity index (χ0n) is 12.5. The van der Waals surface area contributed by atoms with Crippen molar-refractivity contribution in [1.29, 1.82) is 0 Å². The summed E-state index contributed by atoms with van der Waals surface area (Å²) in [6.07, 6.45) is 0.208. The molecule has 22 heavy (non-hydrogen) atoms. The highest BCUT2D eigenvalue weighted by Crippen LogP contribution is 2.23. The van der Waals surface area contributed by atoms with Crippen LogP contribution >= 0.6 is 0 Å². The fraction of sp³-hybridized carbons (Fsp3) is 0.222. The first kappa shape index (κ1) is 14.5. The lowest BCUT2D eigenvalue weighted by Crippen LogP contribution is -2.38. The number of amides is 2. The van der Waals surface area contributed by atoms with Crippen LogP contribution in [0.4, 0.5) is 5.69 Å². The van der Waals surface area contributed by atoms with Crippen molar-refractivity contribution < 1.29 is 9.59 Å². The molecule has 0 bridgehead atoms. The molecule has 2 aromatic rings. The number of hydrogen-bond donors (Lipinski definition) is 1. The van der Waals surface area contributed by atoms with Gasteiger partial charge >= 0.3 is 0 Å². The molecule has 1 heterocycles. The first-order valence-electron chi connectivity index (χ1n) is 7.36. The van der Waals surface area contributed by atoms with E-state index in [0.29, 0.717) is 12.2 Å². The molecule has 4 nitrogen and oxygen atoms in total. The topological polar surface area (TPSA) is 49.4 Å². The molecule has 1 N–H and O–H groups in total. The molecule has 0 radical (unpaired) electrons. The Hall–Kier alpha value is -2.46. The van der Waals surface area contributed by atoms with Crippen LogP contribution in [-0.2, 0) is 16.1 Å². The van der Waals surface area contributed by atoms with E-state index in [2.05, 4.69) is 5.32 Å². The number of rotatable bonds is 4. The second-order valence-corrected chi connectivity index (χ2v) is 5.53. The minimum atomic E-state index is -0.450. The summed E-state index contributed by atoms with van der Waals surface area (Å²) in [5.41, 5.74) is 2.84. The van der Waals surface area contributed by atoms with Crippen LogP contribution < -0.4 is 10.2 Å². The van der Waals surface area contributed by atoms with Crippen molar-refractivity contribution in [2.24, 2.45) is 0 Å². The first-order chi connectivity index (χ1) is 10.6. The lowest BCUT2D eigenvalue weighted by molar-refractivity contribution is -0.121. The Bertz CT molecular complexity index is 680. The van der Waals surface area contributed by atoms with Gasteiger partial charge in [0.05, 0.1) is 18.2 Å². The Morgan fingerprint density at radius 2 is 1.73 bits per heavy atom. The number of nitrogens with one attached hydrogen (secondary N) is 1. The van der Waals surface area contributed by atoms with Crippen molar-refractivity contribution in [3.05, 3.63) is 65.7 Å². The van der Waals surface area contributed by atoms with Crippen molar-refractivity contribution in [3.8, 4) is 0 Å². The van der Waals surface area contributed by atoms with E-state index in [9.17, 15) is 9.59 Å². The number of imide groups is 1. The first-order valence-corrected chi connectivity index (χ1v) is 7.36. The highest BCUT2D eigenvalue weighted by molar-refractivity contribution is 6.22. The van der Waals surface area contributed by atoms with Crippen molar-refractivity contribution in [2.75, 3.05) is 4.90 Å². The highest BCUT2D eigenvalue weighted by atomic mass is 16.2. The fourth-order valence-electron chi connectivity index (χ4n) is 2.59. The van der Waals surface area contributed by atoms with Crippen LogP contribution in [0, 0.1) is 6.92 Å². The van der Waals surface area contributed by atoms with E-state index in [4.69, 9.17) is 0 Å². The zero-order chi connectivity index (χ0) is 15.5. The van der Waals surface area contributed by atoms with Crippen LogP contribution in [0.15, 0.2) is 54.6 Å². The molecule has 2 amide bonds. The number of carbonyl (C=O) groups is 2. The Kier molecular flexibility index (Phi) is 4.02. The van der Waals surface area contributed by atoms with Gasteiger partial charge in [0.15, 0.2) is 0 Å². The van der Waals surface area contributed by atoms with Gasteiger partial charge in [-0.3, -0.25) is 9.59 Å². The van der Waals surface area contributed by atoms with Crippen LogP contribution in [0.5, 0.6) is 0 Å². The molecule has 1 aliphatic heterocycles. The summed E-state index contributed by atoms with van der Waals surface area (Å²) < 4.78 is 0. The molecule has 4 heteroatoms. The quantitative estimate of drug-likeness (QED) is 0.881. The minimum absolute atomic E-state index is 0.153. The fourth-order valence-corrected chi connectivity index (χ4v) is 2.59. The molecule has 0 spiro atoms. The Balaban J connectivity index is 1.70. The highest BCUT2D eigenvalue weighted by Gasteiger charge is 2.39. The van der Waals surface area contributed by atoms with Crippen LogP contribution in [0.1, 0.15) is 17.5 Å². The summed E-state index contributed by atoms with van der Waals surface area (Å²) in [5.74, 6) is -0.329. The Morgan fingerprint density at radius 1 is 1.05 bits per heavy atom. The van der Waals surface area contributed by atoms with Gasteiger partial charge in [-0.2, -0.15) is 0 Å². The lowest BCUT2D eigenvalue weighted by atomic mass is 10.2. The molecule has 2 aromatic carbocycles. The molecule has 1 saturated heterocycles. The van der Waals surface area contributed by atoms with Crippen molar-refractivity contribution in [2.45, 2.75) is 25.9 Å². The molecule has 112 valence electrons. The largest absolute Gasteiger partial charge is 0.301 e. The lowest BCUT2D eigenvalue weighted by Gasteiger charge is -2.15. The number of carbonyl (C=O) groups excluding carboxylic acids is 2. The smallest absolute Gasteiger partial charge is 0.251 e. The van der Waals surface area contributed by atoms with Crippen LogP contribution in [0.2, 0.25) is 0 Å². The SMILES string of the molecule is Cc1ccc(N2C(=O)C[C@@H](NCc3ccccc3)C2=O)cc1. The van der Waals surface area contributed by atoms with Gasteiger partial charge in [-0.15, -0.1) is 0 Å². The molecular weight excluding hydrogens is 276 g/mol. The number of hydrogen-bond acceptors (Lipinski definition) is 3. The molecule has 1 aliphatic rings. The Labute approximate surface area is 129 Å². The van der Waals surface area contributed by atoms with Gasteiger partial charge in [0.25, 0.3) is 5.91 Å². The zero-order valence-corrected chi connectivity index (χ0v) is 12.5. The van der Waals surface area contributed by atoms with E-state index < -0.39 is 6.04 Å². The van der Waals surface area contributed by atoms with Gasteiger partial charge in [0, 0.05) is 6.54 Å². The molecule has 3 rings (SSSR count). The Morgan fingerprint density at radius 3 is 2.41 bits per heavy atom. The number of nitrogens with zero attached hydrogens (tertiary/aromatic N) is 1. The summed E-state index contributed by atoms with van der Waals surface area (Å²) >= 11 is 0. The summed E-state index contributed by atoms with van der Waals surface area (Å²) in [6.45, 7) is 2.55. The molecule has 0 unspecified atom stereocenters. The van der Waals surface area contributed by atoms with Gasteiger partial charge in [-0.05, 0) is 24.6 Å². The van der Waals surface area contributed by atoms with Crippen molar-refractivity contribution in [1.82, 2.24) is 5.32 Å². The van der Waals surface area contributed by atoms with Gasteiger partial charge in [-0.25, -0.2) is 4.90 Å². The number of benzene rings is 2. The molecule has 0 aromatic heterocycles. The maximum Gasteiger partial charge on any atom is 0.251 e. The third-order valence-corrected chi connectivity index (χ3v) is 3.83. The van der Waals surface area contributed by atoms with Gasteiger partial charge in [0.1, 0.15) is 0 Å². The van der Waals surface area contributed by atoms with Crippen LogP contribution in [-0.4, -0.2) is 17.9 Å². The maximum atomic E-state index is 12.5. The summed E-state index contributed by atoms with van der Waals surface area (Å²) in [7, 11) is 0. The summed E-state index contributed by atoms with van der Waals surface area (Å²) in [4.78, 5) is 25.9. The standard InChI is InChI=1S/C18H18N2O2/c1-13-7-9-15(10-8-13)20-17(21)11-16(18(20)22)19-12-14-5-3-2-4-6-14/h2-10,16,19H,11-12H2,1H3/t16-/m1/s1. The number of aryl methyl sites for hydroxylation is 1. The predicted octanol–water partition coefficient (Wildman–Crippen LogP) is 2.42. The molecular formula is C18H18N2O2. The van der Waals surface area contributed by atoms with E-state index >= 15 is 0 Å². The third-order valence-electron chi connectivity index (χ3n) is 3.83. The predicted molar refractivity (Wildman–Crippen MR) is 85.4 cm³/mol.